The maximum absolute atomic E-state index is 12.2. The van der Waals surface area contributed by atoms with E-state index in [9.17, 15) is 26.3 Å². The number of alkyl halides is 7. The third-order valence-corrected chi connectivity index (χ3v) is 8.51. The first-order valence-electron chi connectivity index (χ1n) is 14.5. The Kier molecular flexibility index (Phi) is 21.2. The van der Waals surface area contributed by atoms with Crippen LogP contribution in [0.2, 0.25) is 0 Å². The minimum Gasteiger partial charge on any atom is -1.00 e. The standard InChI is InChI=1S/2C9H7BrF2N2.C8H6BrN.C4H8O.C2H3F2I.Na.H/c10-6-1-2-8-7(3-6)13-5-14(8)4-9(11)12;10-6-1-2-7-8(3-6)14(5-13-7)4-9(11)12;9-7-2-1-6-3-4-10-8(6)5-7;1-2-4-5-3-1;3-2(4)1-5;;/h2*1-3,5,9H,4H2;1-2,4-5H,3H2;1-4H2;2H,1H2;;/q;;;;;+1;-1. The molecule has 1 fully saturated rings. The van der Waals surface area contributed by atoms with Crippen LogP contribution in [0.5, 0.6) is 0 Å². The van der Waals surface area contributed by atoms with Crippen molar-refractivity contribution in [3.63, 3.8) is 0 Å². The maximum atomic E-state index is 12.2. The monoisotopic (exact) mass is 1000 g/mol. The van der Waals surface area contributed by atoms with E-state index in [-0.39, 0.29) is 48.5 Å². The summed E-state index contributed by atoms with van der Waals surface area (Å²) in [7, 11) is 0. The minimum atomic E-state index is -2.36. The van der Waals surface area contributed by atoms with Crippen molar-refractivity contribution in [2.45, 2.75) is 51.6 Å². The molecular formula is C32H32Br3F6IN5NaO. The van der Waals surface area contributed by atoms with Gasteiger partial charge in [-0.3, -0.25) is 4.99 Å². The normalized spacial score (nSPS) is 12.8. The summed E-state index contributed by atoms with van der Waals surface area (Å²) in [6.45, 7) is 1.38. The number of aliphatic imine (C=N–C) groups is 1. The Morgan fingerprint density at radius 3 is 1.82 bits per heavy atom. The second-order valence-corrected chi connectivity index (χ2v) is 13.6. The minimum absolute atomic E-state index is 0. The molecule has 0 radical (unpaired) electrons. The Morgan fingerprint density at radius 1 is 0.714 bits per heavy atom. The number of imidazole rings is 2. The molecule has 4 heterocycles. The zero-order chi connectivity index (χ0) is 35.1. The topological polar surface area (TPSA) is 57.2 Å². The third-order valence-electron chi connectivity index (χ3n) is 6.37. The van der Waals surface area contributed by atoms with Gasteiger partial charge in [0.1, 0.15) is 0 Å². The van der Waals surface area contributed by atoms with E-state index in [1.165, 1.54) is 40.2 Å². The van der Waals surface area contributed by atoms with Crippen LogP contribution in [-0.2, 0) is 24.2 Å². The summed E-state index contributed by atoms with van der Waals surface area (Å²) in [4.78, 5) is 12.3. The number of ether oxygens (including phenoxy) is 1. The molecule has 17 heteroatoms. The fourth-order valence-corrected chi connectivity index (χ4v) is 5.28. The fraction of sp³-hybridized carbons (Fsp3) is 0.344. The van der Waals surface area contributed by atoms with E-state index < -0.39 is 19.3 Å². The van der Waals surface area contributed by atoms with Crippen LogP contribution in [0.1, 0.15) is 19.8 Å². The second kappa shape index (κ2) is 23.5. The van der Waals surface area contributed by atoms with Crippen molar-refractivity contribution in [1.29, 1.82) is 0 Å². The van der Waals surface area contributed by atoms with Crippen LogP contribution in [0.25, 0.3) is 22.1 Å². The van der Waals surface area contributed by atoms with E-state index in [2.05, 4.69) is 68.8 Å². The molecule has 6 nitrogen and oxygen atoms in total. The molecule has 0 atom stereocenters. The van der Waals surface area contributed by atoms with Crippen LogP contribution in [0.4, 0.5) is 32.0 Å². The predicted octanol–water partition coefficient (Wildman–Crippen LogP) is 8.44. The molecule has 5 aromatic rings. The van der Waals surface area contributed by atoms with Gasteiger partial charge in [-0.15, -0.1) is 0 Å². The van der Waals surface area contributed by atoms with E-state index >= 15 is 0 Å². The Hall–Kier alpha value is -1.02. The first-order valence-corrected chi connectivity index (χ1v) is 18.4. The van der Waals surface area contributed by atoms with Crippen molar-refractivity contribution >= 4 is 104 Å². The Bertz CT molecular complexity index is 1740. The number of hydrogen-bond donors (Lipinski definition) is 0. The van der Waals surface area contributed by atoms with Crippen LogP contribution >= 0.6 is 70.4 Å². The van der Waals surface area contributed by atoms with Crippen molar-refractivity contribution < 1.29 is 62.1 Å². The van der Waals surface area contributed by atoms with Crippen molar-refractivity contribution in [3.05, 3.63) is 86.2 Å². The second-order valence-electron chi connectivity index (χ2n) is 10.00. The summed E-state index contributed by atoms with van der Waals surface area (Å²) in [5.74, 6) is 0. The number of rotatable bonds is 5. The Labute approximate surface area is 342 Å². The number of hydrogen-bond acceptors (Lipinski definition) is 4. The van der Waals surface area contributed by atoms with Gasteiger partial charge in [0.05, 0.1) is 57.9 Å². The summed E-state index contributed by atoms with van der Waals surface area (Å²) in [5.41, 5.74) is 5.33. The Morgan fingerprint density at radius 2 is 1.24 bits per heavy atom. The molecule has 0 saturated carbocycles. The van der Waals surface area contributed by atoms with Crippen LogP contribution in [0.15, 0.2) is 85.7 Å². The average molecular weight is 1010 g/mol. The molecule has 0 bridgehead atoms. The summed E-state index contributed by atoms with van der Waals surface area (Å²) >= 11 is 11.6. The van der Waals surface area contributed by atoms with Crippen LogP contribution in [0.3, 0.4) is 0 Å². The van der Waals surface area contributed by atoms with Crippen LogP contribution in [0, 0.1) is 0 Å². The van der Waals surface area contributed by atoms with Gasteiger partial charge >= 0.3 is 29.6 Å². The molecule has 3 aromatic carbocycles. The van der Waals surface area contributed by atoms with E-state index in [4.69, 9.17) is 4.74 Å². The van der Waals surface area contributed by atoms with Gasteiger partial charge in [0.25, 0.3) is 12.9 Å². The molecule has 49 heavy (non-hydrogen) atoms. The number of benzene rings is 3. The van der Waals surface area contributed by atoms with E-state index in [0.29, 0.717) is 0 Å². The molecule has 1 saturated heterocycles. The number of aromatic nitrogens is 4. The van der Waals surface area contributed by atoms with Crippen molar-refractivity contribution in [2.24, 2.45) is 4.99 Å². The molecule has 2 aliphatic rings. The molecular weight excluding hydrogens is 974 g/mol. The quantitative estimate of drug-likeness (QED) is 0.0770. The number of fused-ring (bicyclic) bond motifs is 3. The van der Waals surface area contributed by atoms with Gasteiger partial charge in [-0.1, -0.05) is 76.4 Å². The zero-order valence-corrected chi connectivity index (χ0v) is 35.2. The first kappa shape index (κ1) is 44.1. The molecule has 0 spiro atoms. The SMILES string of the molecule is Brc1ccc2c(c1)N=CC2.C1CCOC1.FC(F)CI.FC(F)Cn1cnc2cc(Br)ccc21.FC(F)Cn1cnc2ccc(Br)cc21.[H-].[Na+]. The van der Waals surface area contributed by atoms with Gasteiger partial charge in [0, 0.05) is 39.3 Å². The van der Waals surface area contributed by atoms with Crippen LogP contribution < -0.4 is 29.6 Å². The fourth-order valence-electron chi connectivity index (χ4n) is 4.24. The average Bonchev–Trinajstić information content (AvgIpc) is 3.87. The largest absolute Gasteiger partial charge is 1.00 e. The molecule has 262 valence electrons. The molecule has 0 N–H and O–H groups in total. The summed E-state index contributed by atoms with van der Waals surface area (Å²) < 4.78 is 80.8. The molecule has 0 unspecified atom stereocenters. The first-order chi connectivity index (χ1) is 23.0. The van der Waals surface area contributed by atoms with Gasteiger partial charge in [-0.05, 0) is 66.9 Å². The Balaban J connectivity index is 0.000000327. The zero-order valence-electron chi connectivity index (χ0n) is 27.2. The molecule has 2 aromatic heterocycles. The van der Waals surface area contributed by atoms with Gasteiger partial charge in [0.2, 0.25) is 6.43 Å². The molecule has 2 aliphatic heterocycles. The van der Waals surface area contributed by atoms with Crippen molar-refractivity contribution in [3.8, 4) is 0 Å². The van der Waals surface area contributed by atoms with E-state index in [1.54, 1.807) is 46.9 Å². The maximum Gasteiger partial charge on any atom is 1.00 e. The number of nitrogens with zero attached hydrogens (tertiary/aromatic N) is 5. The summed E-state index contributed by atoms with van der Waals surface area (Å²) in [6, 6.07) is 17.0. The van der Waals surface area contributed by atoms with Gasteiger partial charge in [-0.25, -0.2) is 36.3 Å². The number of halogens is 10. The van der Waals surface area contributed by atoms with E-state index in [1.807, 2.05) is 30.5 Å². The van der Waals surface area contributed by atoms with Crippen molar-refractivity contribution in [1.82, 2.24) is 19.1 Å². The smallest absolute Gasteiger partial charge is 1.00 e. The van der Waals surface area contributed by atoms with Crippen molar-refractivity contribution in [2.75, 3.05) is 17.6 Å². The molecule has 7 rings (SSSR count). The van der Waals surface area contributed by atoms with E-state index in [0.717, 1.165) is 60.8 Å². The van der Waals surface area contributed by atoms with Gasteiger partial charge in [-0.2, -0.15) is 0 Å². The predicted molar refractivity (Wildman–Crippen MR) is 199 cm³/mol. The molecule has 0 aliphatic carbocycles. The summed E-state index contributed by atoms with van der Waals surface area (Å²) in [6.07, 6.45) is 1.52. The van der Waals surface area contributed by atoms with Crippen LogP contribution in [-0.4, -0.2) is 62.2 Å². The molecule has 0 amide bonds. The van der Waals surface area contributed by atoms with Gasteiger partial charge < -0.3 is 15.3 Å². The summed E-state index contributed by atoms with van der Waals surface area (Å²) in [5, 5.41) is 0. The van der Waals surface area contributed by atoms with Gasteiger partial charge in [0.15, 0.2) is 0 Å². The third kappa shape index (κ3) is 16.0.